The first-order valence-corrected chi connectivity index (χ1v) is 10.4. The van der Waals surface area contributed by atoms with Crippen molar-refractivity contribution in [2.24, 2.45) is 0 Å². The van der Waals surface area contributed by atoms with Gasteiger partial charge in [-0.3, -0.25) is 9.59 Å². The summed E-state index contributed by atoms with van der Waals surface area (Å²) >= 11 is 0. The number of hydrogen-bond donors (Lipinski definition) is 0. The Hall–Kier alpha value is -1.98. The minimum Gasteiger partial charge on any atom is -0.342 e. The van der Waals surface area contributed by atoms with Crippen LogP contribution in [-0.2, 0) is 16.0 Å². The molecule has 2 aliphatic rings. The highest BCUT2D eigenvalue weighted by molar-refractivity contribution is 5.79. The average Bonchev–Trinajstić information content (AvgIpc) is 3.19. The maximum atomic E-state index is 12.5. The highest BCUT2D eigenvalue weighted by Gasteiger charge is 2.27. The zero-order valence-electron chi connectivity index (χ0n) is 17.0. The number of carbonyl (C=O) groups is 2. The normalized spacial score (nSPS) is 20.2. The minimum atomic E-state index is 0.184. The molecule has 2 aliphatic heterocycles. The third kappa shape index (κ3) is 4.66. The lowest BCUT2D eigenvalue weighted by molar-refractivity contribution is -0.132. The van der Waals surface area contributed by atoms with Gasteiger partial charge in [-0.25, -0.2) is 9.97 Å². The summed E-state index contributed by atoms with van der Waals surface area (Å²) in [6, 6.07) is 0. The van der Waals surface area contributed by atoms with Gasteiger partial charge in [0.05, 0.1) is 6.42 Å². The van der Waals surface area contributed by atoms with Crippen LogP contribution in [0.15, 0.2) is 0 Å². The predicted octanol–water partition coefficient (Wildman–Crippen LogP) is 2.76. The smallest absolute Gasteiger partial charge is 0.227 e. The van der Waals surface area contributed by atoms with Gasteiger partial charge in [0, 0.05) is 55.5 Å². The minimum absolute atomic E-state index is 0.184. The molecule has 0 aliphatic carbocycles. The molecule has 1 aromatic heterocycles. The second kappa shape index (κ2) is 8.81. The summed E-state index contributed by atoms with van der Waals surface area (Å²) in [6.07, 6.45) is 6.11. The first-order chi connectivity index (χ1) is 13.0. The highest BCUT2D eigenvalue weighted by atomic mass is 16.2. The molecule has 0 aromatic carbocycles. The molecular weight excluding hydrogens is 340 g/mol. The van der Waals surface area contributed by atoms with E-state index in [4.69, 9.17) is 9.97 Å². The van der Waals surface area contributed by atoms with Crippen LogP contribution in [-0.4, -0.2) is 57.8 Å². The first kappa shape index (κ1) is 19.8. The van der Waals surface area contributed by atoms with E-state index in [0.29, 0.717) is 19.4 Å². The van der Waals surface area contributed by atoms with Crippen molar-refractivity contribution in [3.63, 3.8) is 0 Å². The molecule has 0 saturated carbocycles. The lowest BCUT2D eigenvalue weighted by atomic mass is 9.96. The zero-order chi connectivity index (χ0) is 19.4. The largest absolute Gasteiger partial charge is 0.342 e. The van der Waals surface area contributed by atoms with Crippen LogP contribution in [0, 0.1) is 13.8 Å². The van der Waals surface area contributed by atoms with Gasteiger partial charge < -0.3 is 9.80 Å². The molecule has 27 heavy (non-hydrogen) atoms. The molecule has 2 fully saturated rings. The van der Waals surface area contributed by atoms with Gasteiger partial charge in [-0.1, -0.05) is 6.92 Å². The van der Waals surface area contributed by atoms with Gasteiger partial charge in [-0.2, -0.15) is 0 Å². The lowest BCUT2D eigenvalue weighted by Gasteiger charge is -2.32. The summed E-state index contributed by atoms with van der Waals surface area (Å²) in [5, 5.41) is 0. The van der Waals surface area contributed by atoms with E-state index in [1.165, 1.54) is 0 Å². The monoisotopic (exact) mass is 372 g/mol. The summed E-state index contributed by atoms with van der Waals surface area (Å²) in [5.41, 5.74) is 2.77. The second-order valence-corrected chi connectivity index (χ2v) is 7.92. The molecule has 0 bridgehead atoms. The van der Waals surface area contributed by atoms with E-state index in [0.717, 1.165) is 74.5 Å². The Labute approximate surface area is 162 Å². The summed E-state index contributed by atoms with van der Waals surface area (Å²) in [7, 11) is 0. The molecule has 2 amide bonds. The van der Waals surface area contributed by atoms with Gasteiger partial charge in [0.15, 0.2) is 0 Å². The molecule has 1 unspecified atom stereocenters. The van der Waals surface area contributed by atoms with Gasteiger partial charge in [-0.15, -0.1) is 0 Å². The number of rotatable bonds is 5. The van der Waals surface area contributed by atoms with Gasteiger partial charge >= 0.3 is 0 Å². The SMILES string of the molecule is CCCC(=O)N1CCCC(c2nc(C)c(CC(=O)N3CCCC3)c(C)n2)C1. The predicted molar refractivity (Wildman–Crippen MR) is 104 cm³/mol. The van der Waals surface area contributed by atoms with Crippen LogP contribution in [0.2, 0.25) is 0 Å². The van der Waals surface area contributed by atoms with E-state index in [-0.39, 0.29) is 17.7 Å². The van der Waals surface area contributed by atoms with E-state index in [2.05, 4.69) is 0 Å². The number of amides is 2. The Morgan fingerprint density at radius 3 is 2.22 bits per heavy atom. The Morgan fingerprint density at radius 2 is 1.59 bits per heavy atom. The summed E-state index contributed by atoms with van der Waals surface area (Å²) in [5.74, 6) is 1.45. The van der Waals surface area contributed by atoms with Crippen molar-refractivity contribution in [2.75, 3.05) is 26.2 Å². The molecule has 0 radical (unpaired) electrons. The molecule has 6 nitrogen and oxygen atoms in total. The fraction of sp³-hybridized carbons (Fsp3) is 0.714. The maximum absolute atomic E-state index is 12.5. The molecule has 3 heterocycles. The van der Waals surface area contributed by atoms with Gasteiger partial charge in [0.2, 0.25) is 11.8 Å². The molecule has 148 valence electrons. The molecule has 2 saturated heterocycles. The Bertz CT molecular complexity index is 674. The fourth-order valence-electron chi connectivity index (χ4n) is 4.22. The average molecular weight is 373 g/mol. The Kier molecular flexibility index (Phi) is 6.45. The van der Waals surface area contributed by atoms with Crippen molar-refractivity contribution < 1.29 is 9.59 Å². The zero-order valence-corrected chi connectivity index (χ0v) is 17.0. The summed E-state index contributed by atoms with van der Waals surface area (Å²) in [6.45, 7) is 9.30. The van der Waals surface area contributed by atoms with Crippen LogP contribution in [0.4, 0.5) is 0 Å². The number of carbonyl (C=O) groups excluding carboxylic acids is 2. The van der Waals surface area contributed by atoms with Crippen molar-refractivity contribution in [3.8, 4) is 0 Å². The lowest BCUT2D eigenvalue weighted by Crippen LogP contribution is -2.39. The molecule has 3 rings (SSSR count). The van der Waals surface area contributed by atoms with Crippen molar-refractivity contribution in [1.29, 1.82) is 0 Å². The Balaban J connectivity index is 1.72. The van der Waals surface area contributed by atoms with Crippen LogP contribution in [0.25, 0.3) is 0 Å². The van der Waals surface area contributed by atoms with Crippen molar-refractivity contribution in [3.05, 3.63) is 22.8 Å². The van der Waals surface area contributed by atoms with E-state index >= 15 is 0 Å². The molecule has 6 heteroatoms. The molecule has 1 atom stereocenters. The molecule has 0 N–H and O–H groups in total. The fourth-order valence-corrected chi connectivity index (χ4v) is 4.22. The summed E-state index contributed by atoms with van der Waals surface area (Å²) < 4.78 is 0. The third-order valence-corrected chi connectivity index (χ3v) is 5.83. The number of aromatic nitrogens is 2. The van der Waals surface area contributed by atoms with Crippen LogP contribution >= 0.6 is 0 Å². The molecule has 1 aromatic rings. The van der Waals surface area contributed by atoms with Crippen LogP contribution in [0.3, 0.4) is 0 Å². The van der Waals surface area contributed by atoms with E-state index in [1.54, 1.807) is 0 Å². The quantitative estimate of drug-likeness (QED) is 0.797. The molecule has 0 spiro atoms. The van der Waals surface area contributed by atoms with Crippen molar-refractivity contribution in [1.82, 2.24) is 19.8 Å². The Morgan fingerprint density at radius 1 is 0.963 bits per heavy atom. The second-order valence-electron chi connectivity index (χ2n) is 7.92. The van der Waals surface area contributed by atoms with E-state index in [9.17, 15) is 9.59 Å². The number of likely N-dealkylation sites (tertiary alicyclic amines) is 2. The number of nitrogens with zero attached hydrogens (tertiary/aromatic N) is 4. The number of piperidine rings is 1. The van der Waals surface area contributed by atoms with Gasteiger partial charge in [-0.05, 0) is 46.0 Å². The standard InChI is InChI=1S/C21H32N4O2/c1-4-8-19(26)25-12-7-9-17(14-25)21-22-15(2)18(16(3)23-21)13-20(27)24-10-5-6-11-24/h17H,4-14H2,1-3H3. The first-order valence-electron chi connectivity index (χ1n) is 10.4. The van der Waals surface area contributed by atoms with E-state index in [1.807, 2.05) is 30.6 Å². The number of aryl methyl sites for hydroxylation is 2. The van der Waals surface area contributed by atoms with Crippen LogP contribution in [0.5, 0.6) is 0 Å². The maximum Gasteiger partial charge on any atom is 0.227 e. The molecular formula is C21H32N4O2. The van der Waals surface area contributed by atoms with Gasteiger partial charge in [0.25, 0.3) is 0 Å². The summed E-state index contributed by atoms with van der Waals surface area (Å²) in [4.78, 5) is 38.2. The van der Waals surface area contributed by atoms with Crippen LogP contribution < -0.4 is 0 Å². The third-order valence-electron chi connectivity index (χ3n) is 5.83. The highest BCUT2D eigenvalue weighted by Crippen LogP contribution is 2.26. The van der Waals surface area contributed by atoms with Crippen LogP contribution in [0.1, 0.15) is 74.1 Å². The van der Waals surface area contributed by atoms with E-state index < -0.39 is 0 Å². The number of hydrogen-bond acceptors (Lipinski definition) is 4. The van der Waals surface area contributed by atoms with Crippen molar-refractivity contribution >= 4 is 11.8 Å². The van der Waals surface area contributed by atoms with Crippen molar-refractivity contribution in [2.45, 2.75) is 71.6 Å². The topological polar surface area (TPSA) is 66.4 Å². The van der Waals surface area contributed by atoms with Gasteiger partial charge in [0.1, 0.15) is 5.82 Å².